The molecule has 0 saturated heterocycles. The molecule has 0 aromatic rings. The number of rotatable bonds is 5. The van der Waals surface area contributed by atoms with Crippen molar-refractivity contribution in [1.29, 1.82) is 0 Å². The molecule has 1 nitrogen and oxygen atoms in total. The molecule has 0 unspecified atom stereocenters. The summed E-state index contributed by atoms with van der Waals surface area (Å²) in [6, 6.07) is 1.24. The van der Waals surface area contributed by atoms with E-state index in [-0.39, 0.29) is 0 Å². The van der Waals surface area contributed by atoms with Gasteiger partial charge in [0.2, 0.25) is 0 Å². The number of hydrogen-bond donors (Lipinski definition) is 0. The minimum Gasteiger partial charge on any atom is -0.414 e. The molecule has 2 heteroatoms. The highest BCUT2D eigenvalue weighted by Crippen LogP contribution is 2.37. The van der Waals surface area contributed by atoms with E-state index in [9.17, 15) is 0 Å². The van der Waals surface area contributed by atoms with Gasteiger partial charge in [-0.25, -0.2) is 0 Å². The quantitative estimate of drug-likeness (QED) is 0.607. The van der Waals surface area contributed by atoms with Gasteiger partial charge in [-0.3, -0.25) is 0 Å². The molecule has 13 heavy (non-hydrogen) atoms. The van der Waals surface area contributed by atoms with Crippen molar-refractivity contribution in [3.8, 4) is 0 Å². The van der Waals surface area contributed by atoms with Crippen molar-refractivity contribution in [2.24, 2.45) is 0 Å². The first kappa shape index (κ1) is 13.2. The van der Waals surface area contributed by atoms with E-state index in [0.29, 0.717) is 6.10 Å². The Balaban J connectivity index is 4.65. The lowest BCUT2D eigenvalue weighted by Crippen LogP contribution is -2.45. The zero-order chi connectivity index (χ0) is 10.6. The van der Waals surface area contributed by atoms with E-state index < -0.39 is 8.32 Å². The van der Waals surface area contributed by atoms with Gasteiger partial charge < -0.3 is 4.43 Å². The summed E-state index contributed by atoms with van der Waals surface area (Å²) in [6.45, 7) is 15.9. The van der Waals surface area contributed by atoms with Gasteiger partial charge in [-0.2, -0.15) is 0 Å². The molecule has 0 fully saturated rings. The molecule has 0 aliphatic rings. The molecule has 0 aromatic heterocycles. The first-order chi connectivity index (χ1) is 5.86. The summed E-state index contributed by atoms with van der Waals surface area (Å²) in [5, 5.41) is 0. The average Bonchev–Trinajstić information content (AvgIpc) is 1.98. The molecule has 0 aromatic carbocycles. The lowest BCUT2D eigenvalue weighted by molar-refractivity contribution is 0.215. The van der Waals surface area contributed by atoms with Crippen molar-refractivity contribution in [1.82, 2.24) is 0 Å². The normalized spacial score (nSPS) is 13.4. The third-order valence-electron chi connectivity index (χ3n) is 2.96. The van der Waals surface area contributed by atoms with Gasteiger partial charge in [0.1, 0.15) is 0 Å². The summed E-state index contributed by atoms with van der Waals surface area (Å²) in [5.74, 6) is 0. The smallest absolute Gasteiger partial charge is 0.197 e. The molecule has 0 heterocycles. The summed E-state index contributed by atoms with van der Waals surface area (Å²) in [5.41, 5.74) is 1.44. The fourth-order valence-corrected chi connectivity index (χ4v) is 6.83. The van der Waals surface area contributed by atoms with Gasteiger partial charge in [0.25, 0.3) is 0 Å². The van der Waals surface area contributed by atoms with Gasteiger partial charge in [0, 0.05) is 6.10 Å². The zero-order valence-corrected chi connectivity index (χ0v) is 11.3. The SMILES string of the molecule is CC[Si](OC(C)C)(C(C)C)C(C)C. The standard InChI is InChI=1S/C11H26OSi/c1-8-13(10(4)5,11(6)7)12-9(2)3/h9-11H,8H2,1-7H3. The first-order valence-corrected chi connectivity index (χ1v) is 7.81. The molecule has 80 valence electrons. The minimum atomic E-state index is -1.49. The molecular formula is C11H26OSi. The molecular weight excluding hydrogens is 176 g/mol. The van der Waals surface area contributed by atoms with Crippen LogP contribution < -0.4 is 0 Å². The molecule has 0 radical (unpaired) electrons. The lowest BCUT2D eigenvalue weighted by Gasteiger charge is -2.39. The Morgan fingerprint density at radius 2 is 1.31 bits per heavy atom. The third-order valence-corrected chi connectivity index (χ3v) is 8.89. The molecule has 0 spiro atoms. The van der Waals surface area contributed by atoms with Crippen LogP contribution in [0, 0.1) is 0 Å². The van der Waals surface area contributed by atoms with Crippen LogP contribution in [0.2, 0.25) is 17.1 Å². The third kappa shape index (κ3) is 3.10. The van der Waals surface area contributed by atoms with Crippen LogP contribution in [0.3, 0.4) is 0 Å². The van der Waals surface area contributed by atoms with Gasteiger partial charge in [0.15, 0.2) is 8.32 Å². The van der Waals surface area contributed by atoms with E-state index in [2.05, 4.69) is 48.5 Å². The molecule has 0 aliphatic carbocycles. The highest BCUT2D eigenvalue weighted by Gasteiger charge is 2.40. The van der Waals surface area contributed by atoms with Crippen molar-refractivity contribution < 1.29 is 4.43 Å². The Morgan fingerprint density at radius 1 is 0.923 bits per heavy atom. The highest BCUT2D eigenvalue weighted by atomic mass is 28.4. The monoisotopic (exact) mass is 202 g/mol. The van der Waals surface area contributed by atoms with Crippen LogP contribution in [0.25, 0.3) is 0 Å². The Hall–Kier alpha value is 0.177. The zero-order valence-electron chi connectivity index (χ0n) is 10.3. The maximum absolute atomic E-state index is 6.25. The fourth-order valence-electron chi connectivity index (χ4n) is 2.28. The van der Waals surface area contributed by atoms with Crippen LogP contribution in [0.1, 0.15) is 48.5 Å². The number of hydrogen-bond acceptors (Lipinski definition) is 1. The minimum absolute atomic E-state index is 0.386. The van der Waals surface area contributed by atoms with Crippen LogP contribution in [-0.2, 0) is 4.43 Å². The van der Waals surface area contributed by atoms with Crippen LogP contribution >= 0.6 is 0 Å². The van der Waals surface area contributed by atoms with Crippen LogP contribution in [0.15, 0.2) is 0 Å². The Bertz CT molecular complexity index is 133. The summed E-state index contributed by atoms with van der Waals surface area (Å²) < 4.78 is 6.25. The van der Waals surface area contributed by atoms with E-state index in [1.165, 1.54) is 6.04 Å². The van der Waals surface area contributed by atoms with Gasteiger partial charge >= 0.3 is 0 Å². The topological polar surface area (TPSA) is 9.23 Å². The highest BCUT2D eigenvalue weighted by molar-refractivity contribution is 6.76. The van der Waals surface area contributed by atoms with E-state index in [1.807, 2.05) is 0 Å². The average molecular weight is 202 g/mol. The second-order valence-electron chi connectivity index (χ2n) is 4.78. The predicted octanol–water partition coefficient (Wildman–Crippen LogP) is 4.20. The summed E-state index contributed by atoms with van der Waals surface area (Å²) >= 11 is 0. The van der Waals surface area contributed by atoms with Crippen molar-refractivity contribution in [2.75, 3.05) is 0 Å². The molecule has 0 N–H and O–H groups in total. The van der Waals surface area contributed by atoms with E-state index >= 15 is 0 Å². The second kappa shape index (κ2) is 5.16. The molecule has 0 saturated carbocycles. The first-order valence-electron chi connectivity index (χ1n) is 5.54. The molecule has 0 bridgehead atoms. The Labute approximate surface area is 85.0 Å². The second-order valence-corrected chi connectivity index (χ2v) is 9.95. The van der Waals surface area contributed by atoms with E-state index in [1.54, 1.807) is 0 Å². The maximum Gasteiger partial charge on any atom is 0.197 e. The van der Waals surface area contributed by atoms with E-state index in [0.717, 1.165) is 11.1 Å². The van der Waals surface area contributed by atoms with Crippen molar-refractivity contribution in [3.05, 3.63) is 0 Å². The van der Waals surface area contributed by atoms with Gasteiger partial charge in [0.05, 0.1) is 0 Å². The largest absolute Gasteiger partial charge is 0.414 e. The molecule has 0 rings (SSSR count). The van der Waals surface area contributed by atoms with E-state index in [4.69, 9.17) is 4.43 Å². The summed E-state index contributed by atoms with van der Waals surface area (Å²) in [6.07, 6.45) is 0.386. The summed E-state index contributed by atoms with van der Waals surface area (Å²) in [7, 11) is -1.49. The molecule has 0 atom stereocenters. The van der Waals surface area contributed by atoms with Gasteiger partial charge in [-0.1, -0.05) is 34.6 Å². The Kier molecular flexibility index (Phi) is 5.23. The molecule has 0 amide bonds. The van der Waals surface area contributed by atoms with Crippen molar-refractivity contribution in [2.45, 2.75) is 71.7 Å². The Morgan fingerprint density at radius 3 is 1.38 bits per heavy atom. The van der Waals surface area contributed by atoms with Crippen molar-refractivity contribution >= 4 is 8.32 Å². The van der Waals surface area contributed by atoms with Crippen LogP contribution in [0.4, 0.5) is 0 Å². The van der Waals surface area contributed by atoms with Gasteiger partial charge in [-0.05, 0) is 31.0 Å². The summed E-state index contributed by atoms with van der Waals surface area (Å²) in [4.78, 5) is 0. The molecule has 0 aliphatic heterocycles. The van der Waals surface area contributed by atoms with Gasteiger partial charge in [-0.15, -0.1) is 0 Å². The van der Waals surface area contributed by atoms with Crippen molar-refractivity contribution in [3.63, 3.8) is 0 Å². The lowest BCUT2D eigenvalue weighted by atomic mass is 10.5. The van der Waals surface area contributed by atoms with Crippen LogP contribution in [0.5, 0.6) is 0 Å². The maximum atomic E-state index is 6.25. The van der Waals surface area contributed by atoms with Crippen LogP contribution in [-0.4, -0.2) is 14.4 Å². The fraction of sp³-hybridized carbons (Fsp3) is 1.00. The predicted molar refractivity (Wildman–Crippen MR) is 62.7 cm³/mol.